The largest absolute Gasteiger partial charge is 0.481 e. The quantitative estimate of drug-likeness (QED) is 0.241. The molecule has 46 heavy (non-hydrogen) atoms. The molecular weight excluding hydrogens is 584 g/mol. The third-order valence-corrected chi connectivity index (χ3v) is 7.68. The van der Waals surface area contributed by atoms with E-state index in [4.69, 9.17) is 5.26 Å². The van der Waals surface area contributed by atoms with Gasteiger partial charge in [-0.25, -0.2) is 0 Å². The number of piperazine rings is 1. The number of carboxylic acids is 1. The van der Waals surface area contributed by atoms with Gasteiger partial charge in [0.15, 0.2) is 0 Å². The minimum absolute atomic E-state index is 0.128. The summed E-state index contributed by atoms with van der Waals surface area (Å²) in [5, 5.41) is 24.3. The zero-order chi connectivity index (χ0) is 32.5. The van der Waals surface area contributed by atoms with Crippen LogP contribution < -0.4 is 15.5 Å². The lowest BCUT2D eigenvalue weighted by Crippen LogP contribution is -2.49. The molecule has 0 radical (unpaired) electrons. The molecule has 11 heteroatoms. The number of nitrogens with zero attached hydrogens (tertiary/aromatic N) is 4. The highest BCUT2D eigenvalue weighted by atomic mass is 16.4. The molecule has 3 amide bonds. The van der Waals surface area contributed by atoms with Crippen molar-refractivity contribution in [1.82, 2.24) is 15.2 Å². The fourth-order valence-corrected chi connectivity index (χ4v) is 5.30. The number of aliphatic carboxylic acids is 1. The predicted molar refractivity (Wildman–Crippen MR) is 171 cm³/mol. The maximum Gasteiger partial charge on any atom is 0.305 e. The van der Waals surface area contributed by atoms with Gasteiger partial charge in [0, 0.05) is 49.7 Å². The molecule has 2 heterocycles. The predicted octanol–water partition coefficient (Wildman–Crippen LogP) is 4.04. The Morgan fingerprint density at radius 1 is 0.891 bits per heavy atom. The van der Waals surface area contributed by atoms with Crippen molar-refractivity contribution in [2.45, 2.75) is 18.9 Å². The van der Waals surface area contributed by atoms with E-state index in [0.717, 1.165) is 5.56 Å². The topological polar surface area (TPSA) is 156 Å². The van der Waals surface area contributed by atoms with Crippen LogP contribution in [-0.4, -0.2) is 64.9 Å². The molecule has 0 spiro atoms. The molecule has 1 unspecified atom stereocenters. The number of aromatic nitrogens is 1. The van der Waals surface area contributed by atoms with Crippen LogP contribution in [0.4, 0.5) is 11.4 Å². The van der Waals surface area contributed by atoms with Crippen LogP contribution in [0.3, 0.4) is 0 Å². The normalized spacial score (nSPS) is 13.3. The van der Waals surface area contributed by atoms with Crippen molar-refractivity contribution in [2.75, 3.05) is 36.4 Å². The number of hydrogen-bond donors (Lipinski definition) is 3. The Balaban J connectivity index is 1.35. The zero-order valence-electron chi connectivity index (χ0n) is 24.9. The first-order chi connectivity index (χ1) is 22.3. The van der Waals surface area contributed by atoms with E-state index in [0.29, 0.717) is 54.2 Å². The fraction of sp³-hybridized carbons (Fsp3) is 0.200. The molecule has 5 rings (SSSR count). The smallest absolute Gasteiger partial charge is 0.305 e. The molecule has 0 bridgehead atoms. The number of nitriles is 1. The summed E-state index contributed by atoms with van der Waals surface area (Å²) < 4.78 is 0. The number of nitrogens with one attached hydrogen (secondary N) is 2. The first kappa shape index (κ1) is 31.4. The highest BCUT2D eigenvalue weighted by Gasteiger charge is 2.26. The molecule has 4 aromatic rings. The van der Waals surface area contributed by atoms with E-state index in [1.165, 1.54) is 6.20 Å². The van der Waals surface area contributed by atoms with E-state index in [2.05, 4.69) is 21.7 Å². The summed E-state index contributed by atoms with van der Waals surface area (Å²) in [6.07, 6.45) is 2.87. The van der Waals surface area contributed by atoms with Crippen molar-refractivity contribution in [1.29, 1.82) is 5.26 Å². The number of amides is 3. The third kappa shape index (κ3) is 7.92. The van der Waals surface area contributed by atoms with E-state index < -0.39 is 17.9 Å². The molecule has 1 atom stereocenters. The van der Waals surface area contributed by atoms with Crippen LogP contribution in [-0.2, 0) is 16.0 Å². The first-order valence-corrected chi connectivity index (χ1v) is 14.8. The van der Waals surface area contributed by atoms with E-state index in [9.17, 15) is 24.3 Å². The maximum atomic E-state index is 13.4. The van der Waals surface area contributed by atoms with Crippen molar-refractivity contribution in [3.63, 3.8) is 0 Å². The van der Waals surface area contributed by atoms with Crippen LogP contribution in [0.5, 0.6) is 0 Å². The number of carbonyl (C=O) groups excluding carboxylic acids is 3. The molecule has 0 aliphatic carbocycles. The number of rotatable bonds is 10. The second-order valence-corrected chi connectivity index (χ2v) is 10.8. The van der Waals surface area contributed by atoms with E-state index >= 15 is 0 Å². The van der Waals surface area contributed by atoms with Gasteiger partial charge >= 0.3 is 5.97 Å². The summed E-state index contributed by atoms with van der Waals surface area (Å²) in [5.74, 6) is -1.97. The molecule has 1 aliphatic rings. The molecule has 3 aromatic carbocycles. The van der Waals surface area contributed by atoms with Gasteiger partial charge in [-0.1, -0.05) is 36.4 Å². The Bertz CT molecular complexity index is 1750. The minimum atomic E-state index is -1.07. The van der Waals surface area contributed by atoms with Crippen LogP contribution in [0.2, 0.25) is 0 Å². The van der Waals surface area contributed by atoms with Gasteiger partial charge in [-0.15, -0.1) is 0 Å². The van der Waals surface area contributed by atoms with Crippen molar-refractivity contribution < 1.29 is 24.3 Å². The number of pyridine rings is 1. The Kier molecular flexibility index (Phi) is 9.99. The summed E-state index contributed by atoms with van der Waals surface area (Å²) in [7, 11) is 0. The molecule has 0 saturated carbocycles. The van der Waals surface area contributed by atoms with E-state index in [1.54, 1.807) is 65.7 Å². The number of carbonyl (C=O) groups is 4. The lowest BCUT2D eigenvalue weighted by molar-refractivity contribution is -0.137. The van der Waals surface area contributed by atoms with Gasteiger partial charge in [-0.2, -0.15) is 5.26 Å². The Hall–Kier alpha value is -6.02. The Morgan fingerprint density at radius 2 is 1.61 bits per heavy atom. The summed E-state index contributed by atoms with van der Waals surface area (Å²) in [6.45, 7) is 1.83. The van der Waals surface area contributed by atoms with Crippen LogP contribution in [0.1, 0.15) is 49.9 Å². The van der Waals surface area contributed by atoms with Crippen molar-refractivity contribution >= 4 is 35.1 Å². The van der Waals surface area contributed by atoms with E-state index in [1.807, 2.05) is 35.2 Å². The highest BCUT2D eigenvalue weighted by molar-refractivity contribution is 6.01. The first-order valence-electron chi connectivity index (χ1n) is 14.8. The molecular formula is C35H32N6O5. The standard InChI is InChI=1S/C35H32N6O5/c36-22-25-8-10-26(11-9-25)35(46)41-17-15-40(16-18-41)31-13-12-27(20-30(31)38-32(42)19-24-5-2-1-3-6-24)34(45)39-29(21-33(43)44)28-7-4-14-37-23-28/h1-14,20,23,29H,15-19,21H2,(H,38,42)(H,39,45)(H,43,44). The Morgan fingerprint density at radius 3 is 2.26 bits per heavy atom. The lowest BCUT2D eigenvalue weighted by atomic mass is 10.0. The van der Waals surface area contributed by atoms with Crippen molar-refractivity contribution in [3.8, 4) is 6.07 Å². The molecule has 11 nitrogen and oxygen atoms in total. The SMILES string of the molecule is N#Cc1ccc(C(=O)N2CCN(c3ccc(C(=O)NC(CC(=O)O)c4cccnc4)cc3NC(=O)Cc3ccccc3)CC2)cc1. The average molecular weight is 617 g/mol. The van der Waals surface area contributed by atoms with Crippen LogP contribution in [0.15, 0.2) is 97.3 Å². The number of anilines is 2. The van der Waals surface area contributed by atoms with Gasteiger partial charge < -0.3 is 25.5 Å². The number of hydrogen-bond acceptors (Lipinski definition) is 7. The van der Waals surface area contributed by atoms with Gasteiger partial charge in [0.05, 0.1) is 41.9 Å². The third-order valence-electron chi connectivity index (χ3n) is 7.68. The molecule has 1 saturated heterocycles. The molecule has 3 N–H and O–H groups in total. The highest BCUT2D eigenvalue weighted by Crippen LogP contribution is 2.30. The summed E-state index contributed by atoms with van der Waals surface area (Å²) in [6, 6.07) is 25.4. The van der Waals surface area contributed by atoms with Gasteiger partial charge in [0.25, 0.3) is 11.8 Å². The van der Waals surface area contributed by atoms with Crippen LogP contribution in [0.25, 0.3) is 0 Å². The van der Waals surface area contributed by atoms with Crippen molar-refractivity contribution in [2.24, 2.45) is 0 Å². The van der Waals surface area contributed by atoms with Crippen LogP contribution >= 0.6 is 0 Å². The second-order valence-electron chi connectivity index (χ2n) is 10.8. The number of benzene rings is 3. The van der Waals surface area contributed by atoms with Crippen LogP contribution in [0, 0.1) is 11.3 Å². The molecule has 1 fully saturated rings. The Labute approximate surface area is 266 Å². The number of carboxylic acid groups (broad SMARTS) is 1. The molecule has 232 valence electrons. The summed E-state index contributed by atoms with van der Waals surface area (Å²) in [4.78, 5) is 59.0. The van der Waals surface area contributed by atoms with Gasteiger partial charge in [-0.05, 0) is 59.7 Å². The lowest BCUT2D eigenvalue weighted by Gasteiger charge is -2.37. The van der Waals surface area contributed by atoms with Crippen molar-refractivity contribution in [3.05, 3.63) is 125 Å². The average Bonchev–Trinajstić information content (AvgIpc) is 3.08. The molecule has 1 aliphatic heterocycles. The molecule has 1 aromatic heterocycles. The maximum absolute atomic E-state index is 13.4. The van der Waals surface area contributed by atoms with E-state index in [-0.39, 0.29) is 30.2 Å². The fourth-order valence-electron chi connectivity index (χ4n) is 5.30. The monoisotopic (exact) mass is 616 g/mol. The zero-order valence-corrected chi connectivity index (χ0v) is 24.9. The van der Waals surface area contributed by atoms with Gasteiger partial charge in [0.2, 0.25) is 5.91 Å². The minimum Gasteiger partial charge on any atom is -0.481 e. The van der Waals surface area contributed by atoms with Gasteiger partial charge in [-0.3, -0.25) is 24.2 Å². The second kappa shape index (κ2) is 14.6. The summed E-state index contributed by atoms with van der Waals surface area (Å²) in [5.41, 5.74) is 3.74. The van der Waals surface area contributed by atoms with Gasteiger partial charge in [0.1, 0.15) is 0 Å². The summed E-state index contributed by atoms with van der Waals surface area (Å²) >= 11 is 0.